The lowest BCUT2D eigenvalue weighted by molar-refractivity contribution is 0.476. The fraction of sp³-hybridized carbons (Fsp3) is 0.400. The fourth-order valence-electron chi connectivity index (χ4n) is 1.90. The number of halogens is 1. The summed E-state index contributed by atoms with van der Waals surface area (Å²) in [7, 11) is 0. The lowest BCUT2D eigenvalue weighted by Gasteiger charge is -2.10. The Morgan fingerprint density at radius 3 is 2.60 bits per heavy atom. The molecule has 1 unspecified atom stereocenters. The molecule has 2 aromatic rings. The van der Waals surface area contributed by atoms with Crippen molar-refractivity contribution in [3.05, 3.63) is 40.6 Å². The molecule has 5 heteroatoms. The third-order valence-electron chi connectivity index (χ3n) is 2.91. The number of ether oxygens (including phenoxy) is 1. The van der Waals surface area contributed by atoms with Crippen molar-refractivity contribution in [1.29, 1.82) is 0 Å². The summed E-state index contributed by atoms with van der Waals surface area (Å²) in [5.74, 6) is 1.53. The van der Waals surface area contributed by atoms with Gasteiger partial charge in [0.2, 0.25) is 0 Å². The second kappa shape index (κ2) is 6.41. The molecule has 0 saturated heterocycles. The van der Waals surface area contributed by atoms with Gasteiger partial charge in [-0.1, -0.05) is 22.0 Å². The number of benzene rings is 1. The van der Waals surface area contributed by atoms with E-state index in [9.17, 15) is 0 Å². The van der Waals surface area contributed by atoms with Gasteiger partial charge >= 0.3 is 0 Å². The van der Waals surface area contributed by atoms with Crippen LogP contribution in [-0.2, 0) is 6.42 Å². The van der Waals surface area contributed by atoms with Crippen LogP contribution >= 0.6 is 15.9 Å². The van der Waals surface area contributed by atoms with Crippen LogP contribution in [0.2, 0.25) is 0 Å². The van der Waals surface area contributed by atoms with Gasteiger partial charge in [0.1, 0.15) is 5.75 Å². The average Bonchev–Trinajstić information content (AvgIpc) is 2.81. The normalized spacial score (nSPS) is 12.7. The molecule has 1 heterocycles. The molecule has 0 aliphatic rings. The molecule has 108 valence electrons. The Morgan fingerprint density at radius 2 is 2.05 bits per heavy atom. The molecule has 0 spiro atoms. The van der Waals surface area contributed by atoms with Crippen molar-refractivity contribution in [1.82, 2.24) is 9.78 Å². The lowest BCUT2D eigenvalue weighted by atomic mass is 10.1. The maximum atomic E-state index is 5.82. The van der Waals surface area contributed by atoms with Crippen LogP contribution < -0.4 is 10.5 Å². The highest BCUT2D eigenvalue weighted by molar-refractivity contribution is 9.10. The van der Waals surface area contributed by atoms with Gasteiger partial charge in [-0.15, -0.1) is 0 Å². The van der Waals surface area contributed by atoms with Crippen LogP contribution in [0.4, 0.5) is 0 Å². The van der Waals surface area contributed by atoms with E-state index in [-0.39, 0.29) is 6.04 Å². The molecule has 1 atom stereocenters. The van der Waals surface area contributed by atoms with E-state index >= 15 is 0 Å². The molecule has 2 rings (SSSR count). The SMILES string of the molecule is CC(N)Cc1ccc(Oc2cnn(C(C)C)c2)cc1Br. The van der Waals surface area contributed by atoms with Crippen molar-refractivity contribution in [3.8, 4) is 11.5 Å². The predicted molar refractivity (Wildman–Crippen MR) is 84.2 cm³/mol. The Hall–Kier alpha value is -1.33. The van der Waals surface area contributed by atoms with Crippen molar-refractivity contribution >= 4 is 15.9 Å². The summed E-state index contributed by atoms with van der Waals surface area (Å²) in [6, 6.07) is 6.42. The zero-order valence-electron chi connectivity index (χ0n) is 12.0. The molecule has 1 aromatic carbocycles. The van der Waals surface area contributed by atoms with E-state index in [0.29, 0.717) is 6.04 Å². The zero-order valence-corrected chi connectivity index (χ0v) is 13.6. The predicted octanol–water partition coefficient (Wildman–Crippen LogP) is 3.91. The highest BCUT2D eigenvalue weighted by atomic mass is 79.9. The zero-order chi connectivity index (χ0) is 14.7. The van der Waals surface area contributed by atoms with Gasteiger partial charge in [0.05, 0.1) is 12.4 Å². The van der Waals surface area contributed by atoms with E-state index < -0.39 is 0 Å². The minimum atomic E-state index is 0.141. The van der Waals surface area contributed by atoms with Gasteiger partial charge in [0, 0.05) is 16.6 Å². The topological polar surface area (TPSA) is 53.1 Å². The molecule has 0 bridgehead atoms. The Bertz CT molecular complexity index is 578. The van der Waals surface area contributed by atoms with Gasteiger partial charge in [-0.25, -0.2) is 0 Å². The number of nitrogens with zero attached hydrogens (tertiary/aromatic N) is 2. The Labute approximate surface area is 128 Å². The number of nitrogens with two attached hydrogens (primary N) is 1. The van der Waals surface area contributed by atoms with Crippen LogP contribution in [-0.4, -0.2) is 15.8 Å². The van der Waals surface area contributed by atoms with Crippen LogP contribution in [0.1, 0.15) is 32.4 Å². The fourth-order valence-corrected chi connectivity index (χ4v) is 2.42. The van der Waals surface area contributed by atoms with E-state index in [4.69, 9.17) is 10.5 Å². The average molecular weight is 338 g/mol. The summed E-state index contributed by atoms with van der Waals surface area (Å²) in [6.45, 7) is 6.16. The van der Waals surface area contributed by atoms with E-state index in [2.05, 4.69) is 34.9 Å². The molecule has 0 amide bonds. The van der Waals surface area contributed by atoms with E-state index in [0.717, 1.165) is 22.4 Å². The maximum Gasteiger partial charge on any atom is 0.165 e. The minimum absolute atomic E-state index is 0.141. The van der Waals surface area contributed by atoms with Gasteiger partial charge in [-0.2, -0.15) is 5.10 Å². The summed E-state index contributed by atoms with van der Waals surface area (Å²) in [5, 5.41) is 4.25. The van der Waals surface area contributed by atoms with Gasteiger partial charge in [-0.05, 0) is 44.9 Å². The van der Waals surface area contributed by atoms with Crippen molar-refractivity contribution in [3.63, 3.8) is 0 Å². The molecule has 2 N–H and O–H groups in total. The largest absolute Gasteiger partial charge is 0.454 e. The van der Waals surface area contributed by atoms with Crippen LogP contribution in [0, 0.1) is 0 Å². The smallest absolute Gasteiger partial charge is 0.165 e. The van der Waals surface area contributed by atoms with Crippen molar-refractivity contribution in [2.45, 2.75) is 39.3 Å². The molecule has 0 aliphatic heterocycles. The van der Waals surface area contributed by atoms with Gasteiger partial charge in [0.15, 0.2) is 5.75 Å². The first kappa shape index (κ1) is 15.1. The van der Waals surface area contributed by atoms with Crippen LogP contribution in [0.5, 0.6) is 11.5 Å². The van der Waals surface area contributed by atoms with E-state index in [1.54, 1.807) is 6.20 Å². The molecule has 1 aromatic heterocycles. The highest BCUT2D eigenvalue weighted by Gasteiger charge is 2.07. The maximum absolute atomic E-state index is 5.82. The first-order valence-corrected chi connectivity index (χ1v) is 7.51. The highest BCUT2D eigenvalue weighted by Crippen LogP contribution is 2.27. The number of hydrogen-bond donors (Lipinski definition) is 1. The summed E-state index contributed by atoms with van der Waals surface area (Å²) in [4.78, 5) is 0. The Morgan fingerprint density at radius 1 is 1.30 bits per heavy atom. The number of rotatable bonds is 5. The monoisotopic (exact) mass is 337 g/mol. The summed E-state index contributed by atoms with van der Waals surface area (Å²) < 4.78 is 8.69. The molecule has 4 nitrogen and oxygen atoms in total. The quantitative estimate of drug-likeness (QED) is 0.899. The van der Waals surface area contributed by atoms with E-state index in [1.165, 1.54) is 5.56 Å². The first-order chi connectivity index (χ1) is 9.45. The number of aromatic nitrogens is 2. The van der Waals surface area contributed by atoms with Gasteiger partial charge in [0.25, 0.3) is 0 Å². The summed E-state index contributed by atoms with van der Waals surface area (Å²) in [5.41, 5.74) is 7.01. The molecule has 0 fully saturated rings. The van der Waals surface area contributed by atoms with Crippen LogP contribution in [0.15, 0.2) is 35.1 Å². The van der Waals surface area contributed by atoms with Crippen molar-refractivity contribution in [2.24, 2.45) is 5.73 Å². The lowest BCUT2D eigenvalue weighted by Crippen LogP contribution is -2.17. The Balaban J connectivity index is 2.11. The Kier molecular flexibility index (Phi) is 4.83. The molecule has 20 heavy (non-hydrogen) atoms. The second-order valence-corrected chi connectivity index (χ2v) is 6.14. The van der Waals surface area contributed by atoms with Gasteiger partial charge in [-0.3, -0.25) is 4.68 Å². The molecule has 0 saturated carbocycles. The third kappa shape index (κ3) is 3.84. The molecular weight excluding hydrogens is 318 g/mol. The molecular formula is C15H20BrN3O. The van der Waals surface area contributed by atoms with E-state index in [1.807, 2.05) is 36.0 Å². The first-order valence-electron chi connectivity index (χ1n) is 6.71. The number of hydrogen-bond acceptors (Lipinski definition) is 3. The minimum Gasteiger partial charge on any atom is -0.454 e. The summed E-state index contributed by atoms with van der Waals surface area (Å²) >= 11 is 3.56. The van der Waals surface area contributed by atoms with Gasteiger partial charge < -0.3 is 10.5 Å². The second-order valence-electron chi connectivity index (χ2n) is 5.29. The molecule has 0 radical (unpaired) electrons. The standard InChI is InChI=1S/C15H20BrN3O/c1-10(2)19-9-14(8-18-19)20-13-5-4-12(6-11(3)17)15(16)7-13/h4-5,7-11H,6,17H2,1-3H3. The summed E-state index contributed by atoms with van der Waals surface area (Å²) in [6.07, 6.45) is 4.46. The third-order valence-corrected chi connectivity index (χ3v) is 3.65. The van der Waals surface area contributed by atoms with Crippen LogP contribution in [0.3, 0.4) is 0 Å². The van der Waals surface area contributed by atoms with Crippen molar-refractivity contribution < 1.29 is 4.74 Å². The van der Waals surface area contributed by atoms with Crippen LogP contribution in [0.25, 0.3) is 0 Å². The van der Waals surface area contributed by atoms with Crippen molar-refractivity contribution in [2.75, 3.05) is 0 Å². The molecule has 0 aliphatic carbocycles.